The van der Waals surface area contributed by atoms with Gasteiger partial charge in [-0.2, -0.15) is 0 Å². The van der Waals surface area contributed by atoms with E-state index in [1.807, 2.05) is 7.05 Å². The molecule has 1 rings (SSSR count). The minimum Gasteiger partial charge on any atom is -0.469 e. The van der Waals surface area contributed by atoms with Crippen molar-refractivity contribution < 1.29 is 9.53 Å². The molecule has 0 aromatic carbocycles. The van der Waals surface area contributed by atoms with Crippen LogP contribution >= 0.6 is 0 Å². The molecule has 0 atom stereocenters. The Balaban J connectivity index is 2.12. The molecule has 23 heavy (non-hydrogen) atoms. The number of carbonyl (C=O) groups excluding carboxylic acids is 1. The van der Waals surface area contributed by atoms with Gasteiger partial charge in [0.2, 0.25) is 0 Å². The number of nitrogens with zero attached hydrogens (tertiary/aromatic N) is 2. The van der Waals surface area contributed by atoms with E-state index >= 15 is 0 Å². The number of methoxy groups -OCH3 is 1. The third-order valence-corrected chi connectivity index (χ3v) is 4.40. The van der Waals surface area contributed by atoms with Crippen LogP contribution < -0.4 is 10.6 Å². The summed E-state index contributed by atoms with van der Waals surface area (Å²) in [5, 5.41) is 6.88. The Morgan fingerprint density at radius 1 is 1.26 bits per heavy atom. The molecule has 0 bridgehead atoms. The molecule has 0 unspecified atom stereocenters. The SMILES string of the molecule is CN=C(NCCCCCC(=O)OC)NC1CCN(C(C)C)CC1. The molecule has 134 valence electrons. The minimum atomic E-state index is -0.122. The van der Waals surface area contributed by atoms with Crippen LogP contribution in [0.1, 0.15) is 52.4 Å². The summed E-state index contributed by atoms with van der Waals surface area (Å²) in [7, 11) is 3.25. The summed E-state index contributed by atoms with van der Waals surface area (Å²) in [4.78, 5) is 17.8. The quantitative estimate of drug-likeness (QED) is 0.308. The largest absolute Gasteiger partial charge is 0.469 e. The molecule has 0 spiro atoms. The van der Waals surface area contributed by atoms with Crippen molar-refractivity contribution in [2.45, 2.75) is 64.5 Å². The summed E-state index contributed by atoms with van der Waals surface area (Å²) in [6.07, 6.45) is 5.78. The van der Waals surface area contributed by atoms with Crippen LogP contribution in [0.2, 0.25) is 0 Å². The average Bonchev–Trinajstić information content (AvgIpc) is 2.56. The minimum absolute atomic E-state index is 0.122. The Labute approximate surface area is 141 Å². The Morgan fingerprint density at radius 3 is 2.52 bits per heavy atom. The normalized spacial score (nSPS) is 17.3. The van der Waals surface area contributed by atoms with Gasteiger partial charge in [0.15, 0.2) is 5.96 Å². The smallest absolute Gasteiger partial charge is 0.305 e. The molecule has 0 radical (unpaired) electrons. The topological polar surface area (TPSA) is 66.0 Å². The van der Waals surface area contributed by atoms with E-state index in [1.165, 1.54) is 7.11 Å². The second-order valence-corrected chi connectivity index (χ2v) is 6.43. The number of likely N-dealkylation sites (tertiary alicyclic amines) is 1. The molecule has 1 heterocycles. The van der Waals surface area contributed by atoms with E-state index in [0.29, 0.717) is 18.5 Å². The molecular formula is C17H34N4O2. The number of hydrogen-bond acceptors (Lipinski definition) is 4. The average molecular weight is 326 g/mol. The van der Waals surface area contributed by atoms with E-state index in [4.69, 9.17) is 0 Å². The number of unbranched alkanes of at least 4 members (excludes halogenated alkanes) is 2. The van der Waals surface area contributed by atoms with Crippen LogP contribution in [-0.2, 0) is 9.53 Å². The number of hydrogen-bond donors (Lipinski definition) is 2. The van der Waals surface area contributed by atoms with Gasteiger partial charge >= 0.3 is 5.97 Å². The van der Waals surface area contributed by atoms with Gasteiger partial charge in [0.1, 0.15) is 0 Å². The predicted octanol–water partition coefficient (Wildman–Crippen LogP) is 1.76. The maximum absolute atomic E-state index is 11.0. The van der Waals surface area contributed by atoms with E-state index in [-0.39, 0.29) is 5.97 Å². The van der Waals surface area contributed by atoms with Crippen LogP contribution in [-0.4, -0.2) is 62.7 Å². The number of piperidine rings is 1. The van der Waals surface area contributed by atoms with Crippen molar-refractivity contribution in [1.82, 2.24) is 15.5 Å². The molecule has 0 aliphatic carbocycles. The van der Waals surface area contributed by atoms with Gasteiger partial charge in [-0.1, -0.05) is 6.42 Å². The lowest BCUT2D eigenvalue weighted by Gasteiger charge is -2.35. The fourth-order valence-electron chi connectivity index (χ4n) is 2.83. The fraction of sp³-hybridized carbons (Fsp3) is 0.882. The van der Waals surface area contributed by atoms with Crippen molar-refractivity contribution in [3.8, 4) is 0 Å². The molecular weight excluding hydrogens is 292 g/mol. The van der Waals surface area contributed by atoms with Gasteiger partial charge in [-0.05, 0) is 39.5 Å². The van der Waals surface area contributed by atoms with Gasteiger partial charge in [-0.25, -0.2) is 0 Å². The molecule has 0 saturated carbocycles. The molecule has 1 fully saturated rings. The van der Waals surface area contributed by atoms with E-state index in [9.17, 15) is 4.79 Å². The standard InChI is InChI=1S/C17H34N4O2/c1-14(2)21-12-9-15(10-13-21)20-17(18-3)19-11-7-5-6-8-16(22)23-4/h14-15H,5-13H2,1-4H3,(H2,18,19,20). The lowest BCUT2D eigenvalue weighted by molar-refractivity contribution is -0.140. The van der Waals surface area contributed by atoms with Gasteiger partial charge in [-0.15, -0.1) is 0 Å². The Morgan fingerprint density at radius 2 is 1.96 bits per heavy atom. The second kappa shape index (κ2) is 11.3. The van der Waals surface area contributed by atoms with Gasteiger partial charge in [0, 0.05) is 45.2 Å². The van der Waals surface area contributed by atoms with Crippen molar-refractivity contribution in [2.24, 2.45) is 4.99 Å². The number of esters is 1. The number of rotatable bonds is 8. The summed E-state index contributed by atoms with van der Waals surface area (Å²) in [6.45, 7) is 7.70. The van der Waals surface area contributed by atoms with Crippen LogP contribution in [0.4, 0.5) is 0 Å². The highest BCUT2D eigenvalue weighted by Gasteiger charge is 2.21. The van der Waals surface area contributed by atoms with Crippen molar-refractivity contribution >= 4 is 11.9 Å². The Kier molecular flexibility index (Phi) is 9.67. The first kappa shape index (κ1) is 19.7. The summed E-state index contributed by atoms with van der Waals surface area (Å²) >= 11 is 0. The maximum atomic E-state index is 11.0. The van der Waals surface area contributed by atoms with Gasteiger partial charge < -0.3 is 20.3 Å². The second-order valence-electron chi connectivity index (χ2n) is 6.43. The molecule has 0 amide bonds. The van der Waals surface area contributed by atoms with Crippen LogP contribution in [0.15, 0.2) is 4.99 Å². The summed E-state index contributed by atoms with van der Waals surface area (Å²) in [5.74, 6) is 0.768. The Hall–Kier alpha value is -1.30. The number of guanidine groups is 1. The van der Waals surface area contributed by atoms with Crippen molar-refractivity contribution in [1.29, 1.82) is 0 Å². The highest BCUT2D eigenvalue weighted by molar-refractivity contribution is 5.79. The first-order valence-corrected chi connectivity index (χ1v) is 8.84. The molecule has 1 aliphatic heterocycles. The predicted molar refractivity (Wildman–Crippen MR) is 94.7 cm³/mol. The monoisotopic (exact) mass is 326 g/mol. The molecule has 6 heteroatoms. The highest BCUT2D eigenvalue weighted by atomic mass is 16.5. The number of ether oxygens (including phenoxy) is 1. The lowest BCUT2D eigenvalue weighted by atomic mass is 10.0. The maximum Gasteiger partial charge on any atom is 0.305 e. The lowest BCUT2D eigenvalue weighted by Crippen LogP contribution is -2.49. The van der Waals surface area contributed by atoms with Gasteiger partial charge in [-0.3, -0.25) is 9.79 Å². The van der Waals surface area contributed by atoms with Gasteiger partial charge in [0.25, 0.3) is 0 Å². The summed E-state index contributed by atoms with van der Waals surface area (Å²) in [6, 6.07) is 1.15. The molecule has 1 aliphatic rings. The number of aliphatic imine (C=N–C) groups is 1. The third-order valence-electron chi connectivity index (χ3n) is 4.40. The van der Waals surface area contributed by atoms with E-state index < -0.39 is 0 Å². The molecule has 1 saturated heterocycles. The molecule has 0 aromatic heterocycles. The first-order chi connectivity index (χ1) is 11.1. The van der Waals surface area contributed by atoms with Crippen LogP contribution in [0.5, 0.6) is 0 Å². The van der Waals surface area contributed by atoms with E-state index in [2.05, 4.69) is 39.1 Å². The zero-order valence-electron chi connectivity index (χ0n) is 15.2. The fourth-order valence-corrected chi connectivity index (χ4v) is 2.83. The van der Waals surface area contributed by atoms with Crippen LogP contribution in [0.3, 0.4) is 0 Å². The van der Waals surface area contributed by atoms with Crippen LogP contribution in [0.25, 0.3) is 0 Å². The van der Waals surface area contributed by atoms with Crippen molar-refractivity contribution in [2.75, 3.05) is 33.8 Å². The summed E-state index contributed by atoms with van der Waals surface area (Å²) < 4.78 is 4.63. The first-order valence-electron chi connectivity index (χ1n) is 8.84. The van der Waals surface area contributed by atoms with Crippen LogP contribution in [0, 0.1) is 0 Å². The van der Waals surface area contributed by atoms with E-state index in [1.54, 1.807) is 0 Å². The van der Waals surface area contributed by atoms with Crippen molar-refractivity contribution in [3.63, 3.8) is 0 Å². The van der Waals surface area contributed by atoms with Crippen molar-refractivity contribution in [3.05, 3.63) is 0 Å². The molecule has 0 aromatic rings. The Bertz CT molecular complexity index is 364. The van der Waals surface area contributed by atoms with E-state index in [0.717, 1.165) is 57.7 Å². The molecule has 2 N–H and O–H groups in total. The zero-order valence-corrected chi connectivity index (χ0v) is 15.2. The molecule has 6 nitrogen and oxygen atoms in total. The summed E-state index contributed by atoms with van der Waals surface area (Å²) in [5.41, 5.74) is 0. The van der Waals surface area contributed by atoms with Gasteiger partial charge in [0.05, 0.1) is 7.11 Å². The number of carbonyl (C=O) groups is 1. The number of nitrogens with one attached hydrogen (secondary N) is 2. The zero-order chi connectivity index (χ0) is 17.1. The highest BCUT2D eigenvalue weighted by Crippen LogP contribution is 2.12. The third kappa shape index (κ3) is 8.21.